The average molecular weight is 297 g/mol. The number of aromatic hydroxyl groups is 1. The van der Waals surface area contributed by atoms with E-state index in [9.17, 15) is 9.90 Å². The number of benzene rings is 2. The summed E-state index contributed by atoms with van der Waals surface area (Å²) in [5.74, 6) is 0.0762. The molecule has 0 unspecified atom stereocenters. The molecule has 2 aromatic rings. The van der Waals surface area contributed by atoms with E-state index in [4.69, 9.17) is 23.2 Å². The largest absolute Gasteiger partial charge is 0.508 e. The number of nitrogens with one attached hydrogen (secondary N) is 2. The van der Waals surface area contributed by atoms with Crippen molar-refractivity contribution in [3.8, 4) is 5.75 Å². The molecule has 3 N–H and O–H groups in total. The zero-order valence-electron chi connectivity index (χ0n) is 9.65. The molecule has 0 aromatic heterocycles. The summed E-state index contributed by atoms with van der Waals surface area (Å²) in [4.78, 5) is 11.7. The Kier molecular flexibility index (Phi) is 4.14. The molecule has 2 amide bonds. The maximum atomic E-state index is 11.7. The maximum Gasteiger partial charge on any atom is 0.323 e. The van der Waals surface area contributed by atoms with Gasteiger partial charge in [-0.25, -0.2) is 4.79 Å². The number of urea groups is 1. The van der Waals surface area contributed by atoms with E-state index in [1.54, 1.807) is 30.3 Å². The van der Waals surface area contributed by atoms with E-state index >= 15 is 0 Å². The summed E-state index contributed by atoms with van der Waals surface area (Å²) in [5, 5.41) is 15.2. The molecule has 0 saturated heterocycles. The van der Waals surface area contributed by atoms with Crippen LogP contribution in [0.1, 0.15) is 0 Å². The zero-order valence-corrected chi connectivity index (χ0v) is 11.2. The Morgan fingerprint density at radius 3 is 2.26 bits per heavy atom. The predicted octanol–water partition coefficient (Wildman–Crippen LogP) is 4.34. The number of phenolic OH excluding ortho intramolecular Hbond substituents is 1. The number of carbonyl (C=O) groups is 1. The highest BCUT2D eigenvalue weighted by Crippen LogP contribution is 2.25. The lowest BCUT2D eigenvalue weighted by Gasteiger charge is -2.08. The molecule has 98 valence electrons. The molecular formula is C13H10Cl2N2O2. The fourth-order valence-electron chi connectivity index (χ4n) is 1.45. The molecule has 0 fully saturated rings. The molecule has 0 bridgehead atoms. The van der Waals surface area contributed by atoms with Crippen LogP contribution in [0.15, 0.2) is 42.5 Å². The fourth-order valence-corrected chi connectivity index (χ4v) is 1.75. The van der Waals surface area contributed by atoms with Crippen LogP contribution in [0, 0.1) is 0 Å². The second kappa shape index (κ2) is 5.82. The van der Waals surface area contributed by atoms with Crippen molar-refractivity contribution in [1.29, 1.82) is 0 Å². The highest BCUT2D eigenvalue weighted by atomic mass is 35.5. The zero-order chi connectivity index (χ0) is 13.8. The number of carbonyl (C=O) groups excluding carboxylic acids is 1. The third kappa shape index (κ3) is 3.77. The highest BCUT2D eigenvalue weighted by molar-refractivity contribution is 6.42. The Bertz CT molecular complexity index is 617. The first-order chi connectivity index (χ1) is 9.04. The van der Waals surface area contributed by atoms with Gasteiger partial charge in [0.25, 0.3) is 0 Å². The number of anilines is 2. The molecule has 0 radical (unpaired) electrons. The summed E-state index contributed by atoms with van der Waals surface area (Å²) in [7, 11) is 0. The fraction of sp³-hybridized carbons (Fsp3) is 0. The number of halogens is 2. The van der Waals surface area contributed by atoms with E-state index in [0.29, 0.717) is 21.4 Å². The van der Waals surface area contributed by atoms with Gasteiger partial charge in [0.05, 0.1) is 10.0 Å². The molecule has 6 heteroatoms. The topological polar surface area (TPSA) is 61.4 Å². The third-order valence-electron chi connectivity index (χ3n) is 2.28. The van der Waals surface area contributed by atoms with Gasteiger partial charge in [0.1, 0.15) is 5.75 Å². The van der Waals surface area contributed by atoms with Crippen molar-refractivity contribution < 1.29 is 9.90 Å². The second-order valence-corrected chi connectivity index (χ2v) is 4.57. The molecule has 4 nitrogen and oxygen atoms in total. The van der Waals surface area contributed by atoms with Crippen LogP contribution in [0.4, 0.5) is 16.2 Å². The lowest BCUT2D eigenvalue weighted by Crippen LogP contribution is -2.19. The van der Waals surface area contributed by atoms with Gasteiger partial charge in [-0.2, -0.15) is 0 Å². The molecule has 19 heavy (non-hydrogen) atoms. The van der Waals surface area contributed by atoms with Crippen LogP contribution in [-0.4, -0.2) is 11.1 Å². The van der Waals surface area contributed by atoms with Gasteiger partial charge in [0, 0.05) is 17.4 Å². The predicted molar refractivity (Wildman–Crippen MR) is 77.2 cm³/mol. The van der Waals surface area contributed by atoms with Crippen molar-refractivity contribution in [1.82, 2.24) is 0 Å². The van der Waals surface area contributed by atoms with Crippen LogP contribution in [0.3, 0.4) is 0 Å². The SMILES string of the molecule is O=C(Nc1cccc(O)c1)Nc1ccc(Cl)c(Cl)c1. The summed E-state index contributed by atoms with van der Waals surface area (Å²) in [5.41, 5.74) is 1.00. The van der Waals surface area contributed by atoms with Crippen molar-refractivity contribution in [3.05, 3.63) is 52.5 Å². The molecule has 0 heterocycles. The van der Waals surface area contributed by atoms with Crippen LogP contribution >= 0.6 is 23.2 Å². The van der Waals surface area contributed by atoms with Crippen molar-refractivity contribution in [3.63, 3.8) is 0 Å². The van der Waals surface area contributed by atoms with Gasteiger partial charge in [-0.1, -0.05) is 29.3 Å². The molecule has 0 aliphatic carbocycles. The first-order valence-corrected chi connectivity index (χ1v) is 6.12. The van der Waals surface area contributed by atoms with E-state index in [1.807, 2.05) is 0 Å². The Morgan fingerprint density at radius 1 is 0.947 bits per heavy atom. The minimum atomic E-state index is -0.441. The minimum absolute atomic E-state index is 0.0762. The molecule has 2 rings (SSSR count). The lowest BCUT2D eigenvalue weighted by molar-refractivity contribution is 0.262. The summed E-state index contributed by atoms with van der Waals surface area (Å²) in [6.45, 7) is 0. The molecule has 0 spiro atoms. The molecular weight excluding hydrogens is 287 g/mol. The van der Waals surface area contributed by atoms with Crippen LogP contribution in [-0.2, 0) is 0 Å². The van der Waals surface area contributed by atoms with Gasteiger partial charge in [-0.15, -0.1) is 0 Å². The van der Waals surface area contributed by atoms with Crippen molar-refractivity contribution >= 4 is 40.6 Å². The third-order valence-corrected chi connectivity index (χ3v) is 3.02. The Morgan fingerprint density at radius 2 is 1.63 bits per heavy atom. The first kappa shape index (κ1) is 13.5. The van der Waals surface area contributed by atoms with Gasteiger partial charge in [-0.05, 0) is 30.3 Å². The van der Waals surface area contributed by atoms with Gasteiger partial charge in [-0.3, -0.25) is 0 Å². The minimum Gasteiger partial charge on any atom is -0.508 e. The molecule has 0 aliphatic heterocycles. The van der Waals surface area contributed by atoms with Crippen molar-refractivity contribution in [2.45, 2.75) is 0 Å². The van der Waals surface area contributed by atoms with Gasteiger partial charge < -0.3 is 15.7 Å². The first-order valence-electron chi connectivity index (χ1n) is 5.37. The lowest BCUT2D eigenvalue weighted by atomic mass is 10.3. The summed E-state index contributed by atoms with van der Waals surface area (Å²) in [6, 6.07) is 10.6. The summed E-state index contributed by atoms with van der Waals surface area (Å²) in [6.07, 6.45) is 0. The van der Waals surface area contributed by atoms with E-state index in [0.717, 1.165) is 0 Å². The Labute approximate surface area is 120 Å². The Hall–Kier alpha value is -1.91. The van der Waals surface area contributed by atoms with Gasteiger partial charge in [0.2, 0.25) is 0 Å². The van der Waals surface area contributed by atoms with Crippen molar-refractivity contribution in [2.24, 2.45) is 0 Å². The standard InChI is InChI=1S/C13H10Cl2N2O2/c14-11-5-4-9(7-12(11)15)17-13(19)16-8-2-1-3-10(18)6-8/h1-7,18H,(H2,16,17,19). The van der Waals surface area contributed by atoms with Crippen molar-refractivity contribution in [2.75, 3.05) is 10.6 Å². The van der Waals surface area contributed by atoms with Crippen LogP contribution in [0.25, 0.3) is 0 Å². The second-order valence-electron chi connectivity index (χ2n) is 3.76. The quantitative estimate of drug-likeness (QED) is 0.772. The maximum absolute atomic E-state index is 11.7. The molecule has 0 atom stereocenters. The van der Waals surface area contributed by atoms with E-state index in [-0.39, 0.29) is 5.75 Å². The van der Waals surface area contributed by atoms with Gasteiger partial charge in [0.15, 0.2) is 0 Å². The van der Waals surface area contributed by atoms with E-state index in [1.165, 1.54) is 12.1 Å². The summed E-state index contributed by atoms with van der Waals surface area (Å²) >= 11 is 11.6. The number of hydrogen-bond acceptors (Lipinski definition) is 2. The number of phenols is 1. The summed E-state index contributed by atoms with van der Waals surface area (Å²) < 4.78 is 0. The molecule has 2 aromatic carbocycles. The van der Waals surface area contributed by atoms with Crippen LogP contribution < -0.4 is 10.6 Å². The monoisotopic (exact) mass is 296 g/mol. The number of hydrogen-bond donors (Lipinski definition) is 3. The number of rotatable bonds is 2. The van der Waals surface area contributed by atoms with E-state index in [2.05, 4.69) is 10.6 Å². The van der Waals surface area contributed by atoms with Gasteiger partial charge >= 0.3 is 6.03 Å². The highest BCUT2D eigenvalue weighted by Gasteiger charge is 2.05. The molecule has 0 aliphatic rings. The van der Waals surface area contributed by atoms with Crippen LogP contribution in [0.5, 0.6) is 5.75 Å². The molecule has 0 saturated carbocycles. The Balaban J connectivity index is 2.03. The van der Waals surface area contributed by atoms with E-state index < -0.39 is 6.03 Å². The van der Waals surface area contributed by atoms with Crippen LogP contribution in [0.2, 0.25) is 10.0 Å². The smallest absolute Gasteiger partial charge is 0.323 e. The number of amides is 2. The normalized spacial score (nSPS) is 10.0. The average Bonchev–Trinajstić information content (AvgIpc) is 2.34.